The molecule has 0 amide bonds. The van der Waals surface area contributed by atoms with Gasteiger partial charge in [-0.1, -0.05) is 35.9 Å². The molecule has 2 rings (SSSR count). The van der Waals surface area contributed by atoms with Gasteiger partial charge in [0.05, 0.1) is 0 Å². The Hall–Kier alpha value is -1.21. The second-order valence-corrected chi connectivity index (χ2v) is 3.54. The zero-order chi connectivity index (χ0) is 9.42. The van der Waals surface area contributed by atoms with E-state index in [4.69, 9.17) is 17.3 Å². The van der Waals surface area contributed by atoms with Crippen LogP contribution in [0.15, 0.2) is 30.3 Å². The van der Waals surface area contributed by atoms with Crippen molar-refractivity contribution in [3.05, 3.63) is 40.9 Å². The molecule has 0 aliphatic carbocycles. The van der Waals surface area contributed by atoms with E-state index in [0.29, 0.717) is 0 Å². The van der Waals surface area contributed by atoms with E-state index in [-0.39, 0.29) is 0 Å². The van der Waals surface area contributed by atoms with Crippen molar-refractivity contribution in [2.24, 2.45) is 0 Å². The molecule has 0 saturated heterocycles. The number of halogens is 1. The van der Waals surface area contributed by atoms with E-state index in [1.165, 1.54) is 0 Å². The number of nitrogen functional groups attached to an aromatic ring is 1. The monoisotopic (exact) mass is 191 g/mol. The van der Waals surface area contributed by atoms with Crippen LogP contribution < -0.4 is 5.73 Å². The van der Waals surface area contributed by atoms with Crippen LogP contribution in [0.4, 0.5) is 5.69 Å². The van der Waals surface area contributed by atoms with E-state index in [0.717, 1.165) is 27.0 Å². The Labute approximate surface area is 82.1 Å². The molecule has 2 heteroatoms. The van der Waals surface area contributed by atoms with Crippen LogP contribution in [-0.2, 0) is 0 Å². The zero-order valence-electron chi connectivity index (χ0n) is 7.34. The Morgan fingerprint density at radius 1 is 1.15 bits per heavy atom. The van der Waals surface area contributed by atoms with Crippen LogP contribution in [0, 0.1) is 6.92 Å². The summed E-state index contributed by atoms with van der Waals surface area (Å²) in [7, 11) is 0. The highest BCUT2D eigenvalue weighted by Gasteiger charge is 2.04. The van der Waals surface area contributed by atoms with E-state index in [1.54, 1.807) is 0 Å². The molecule has 0 heterocycles. The largest absolute Gasteiger partial charge is 0.398 e. The van der Waals surface area contributed by atoms with Crippen LogP contribution in [0.25, 0.3) is 10.8 Å². The highest BCUT2D eigenvalue weighted by atomic mass is 35.5. The summed E-state index contributed by atoms with van der Waals surface area (Å²) < 4.78 is 0. The number of fused-ring (bicyclic) bond motifs is 1. The summed E-state index contributed by atoms with van der Waals surface area (Å²) in [6.07, 6.45) is 0. The van der Waals surface area contributed by atoms with Crippen LogP contribution in [0.5, 0.6) is 0 Å². The molecule has 0 spiro atoms. The number of hydrogen-bond donors (Lipinski definition) is 1. The molecule has 0 aromatic heterocycles. The fourth-order valence-electron chi connectivity index (χ4n) is 1.48. The SMILES string of the molecule is Cc1cc(Cl)c2ccccc2c1N. The molecule has 0 aliphatic heterocycles. The summed E-state index contributed by atoms with van der Waals surface area (Å²) in [6.45, 7) is 1.97. The van der Waals surface area contributed by atoms with Gasteiger partial charge < -0.3 is 5.73 Å². The topological polar surface area (TPSA) is 26.0 Å². The minimum Gasteiger partial charge on any atom is -0.398 e. The minimum atomic E-state index is 0.766. The highest BCUT2D eigenvalue weighted by Crippen LogP contribution is 2.30. The number of rotatable bonds is 0. The second kappa shape index (κ2) is 2.93. The fraction of sp³-hybridized carbons (Fsp3) is 0.0909. The zero-order valence-corrected chi connectivity index (χ0v) is 8.10. The van der Waals surface area contributed by atoms with Crippen molar-refractivity contribution in [2.75, 3.05) is 5.73 Å². The summed E-state index contributed by atoms with van der Waals surface area (Å²) in [6, 6.07) is 9.80. The van der Waals surface area contributed by atoms with Crippen molar-refractivity contribution in [3.63, 3.8) is 0 Å². The summed E-state index contributed by atoms with van der Waals surface area (Å²) in [5.41, 5.74) is 7.78. The quantitative estimate of drug-likeness (QED) is 0.635. The first kappa shape index (κ1) is 8.39. The summed E-state index contributed by atoms with van der Waals surface area (Å²) in [5, 5.41) is 2.82. The van der Waals surface area contributed by atoms with Gasteiger partial charge in [-0.3, -0.25) is 0 Å². The predicted octanol–water partition coefficient (Wildman–Crippen LogP) is 3.38. The molecule has 0 bridgehead atoms. The van der Waals surface area contributed by atoms with Gasteiger partial charge >= 0.3 is 0 Å². The third-order valence-electron chi connectivity index (χ3n) is 2.24. The average Bonchev–Trinajstić information content (AvgIpc) is 2.15. The Bertz CT molecular complexity index is 463. The van der Waals surface area contributed by atoms with Crippen molar-refractivity contribution in [3.8, 4) is 0 Å². The van der Waals surface area contributed by atoms with Crippen LogP contribution >= 0.6 is 11.6 Å². The van der Waals surface area contributed by atoms with Crippen molar-refractivity contribution in [2.45, 2.75) is 6.92 Å². The van der Waals surface area contributed by atoms with E-state index < -0.39 is 0 Å². The fourth-order valence-corrected chi connectivity index (χ4v) is 1.81. The van der Waals surface area contributed by atoms with Gasteiger partial charge in [0.25, 0.3) is 0 Å². The maximum atomic E-state index is 6.08. The number of benzene rings is 2. The Balaban J connectivity index is 2.97. The molecule has 0 unspecified atom stereocenters. The minimum absolute atomic E-state index is 0.766. The lowest BCUT2D eigenvalue weighted by Crippen LogP contribution is -1.91. The van der Waals surface area contributed by atoms with Gasteiger partial charge in [0, 0.05) is 21.5 Å². The Morgan fingerprint density at radius 2 is 1.77 bits per heavy atom. The van der Waals surface area contributed by atoms with E-state index in [1.807, 2.05) is 37.3 Å². The van der Waals surface area contributed by atoms with Crippen LogP contribution in [-0.4, -0.2) is 0 Å². The first-order valence-corrected chi connectivity index (χ1v) is 4.51. The van der Waals surface area contributed by atoms with E-state index in [2.05, 4.69) is 0 Å². The van der Waals surface area contributed by atoms with Gasteiger partial charge in [-0.25, -0.2) is 0 Å². The van der Waals surface area contributed by atoms with E-state index >= 15 is 0 Å². The van der Waals surface area contributed by atoms with Gasteiger partial charge in [0.2, 0.25) is 0 Å². The van der Waals surface area contributed by atoms with Crippen molar-refractivity contribution >= 4 is 28.1 Å². The lowest BCUT2D eigenvalue weighted by molar-refractivity contribution is 1.50. The first-order chi connectivity index (χ1) is 6.20. The molecule has 0 saturated carbocycles. The Kier molecular flexibility index (Phi) is 1.89. The number of nitrogens with two attached hydrogens (primary N) is 1. The van der Waals surface area contributed by atoms with Crippen LogP contribution in [0.3, 0.4) is 0 Å². The lowest BCUT2D eigenvalue weighted by Gasteiger charge is -2.06. The molecule has 0 atom stereocenters. The second-order valence-electron chi connectivity index (χ2n) is 3.13. The van der Waals surface area contributed by atoms with Crippen molar-refractivity contribution in [1.82, 2.24) is 0 Å². The average molecular weight is 192 g/mol. The van der Waals surface area contributed by atoms with Crippen LogP contribution in [0.1, 0.15) is 5.56 Å². The summed E-state index contributed by atoms with van der Waals surface area (Å²) in [4.78, 5) is 0. The molecule has 13 heavy (non-hydrogen) atoms. The molecule has 2 aromatic rings. The van der Waals surface area contributed by atoms with Gasteiger partial charge in [0.1, 0.15) is 0 Å². The van der Waals surface area contributed by atoms with Gasteiger partial charge in [-0.2, -0.15) is 0 Å². The molecular weight excluding hydrogens is 182 g/mol. The van der Waals surface area contributed by atoms with E-state index in [9.17, 15) is 0 Å². The highest BCUT2D eigenvalue weighted by molar-refractivity contribution is 6.36. The van der Waals surface area contributed by atoms with Gasteiger partial charge in [0.15, 0.2) is 0 Å². The summed E-state index contributed by atoms with van der Waals surface area (Å²) in [5.74, 6) is 0. The molecule has 0 aliphatic rings. The molecule has 0 fully saturated rings. The molecule has 0 radical (unpaired) electrons. The first-order valence-electron chi connectivity index (χ1n) is 4.13. The number of aryl methyl sites for hydroxylation is 1. The third kappa shape index (κ3) is 1.25. The number of anilines is 1. The summed E-state index contributed by atoms with van der Waals surface area (Å²) >= 11 is 6.08. The molecule has 1 nitrogen and oxygen atoms in total. The predicted molar refractivity (Wildman–Crippen MR) is 58.1 cm³/mol. The standard InChI is InChI=1S/C11H10ClN/c1-7-6-10(12)8-4-2-3-5-9(8)11(7)13/h2-6H,13H2,1H3. The van der Waals surface area contributed by atoms with Crippen molar-refractivity contribution < 1.29 is 0 Å². The normalized spacial score (nSPS) is 10.6. The lowest BCUT2D eigenvalue weighted by atomic mass is 10.1. The smallest absolute Gasteiger partial charge is 0.0488 e. The maximum absolute atomic E-state index is 6.08. The Morgan fingerprint density at radius 3 is 2.46 bits per heavy atom. The molecular formula is C11H10ClN. The van der Waals surface area contributed by atoms with Gasteiger partial charge in [-0.05, 0) is 18.6 Å². The molecule has 2 aromatic carbocycles. The molecule has 66 valence electrons. The maximum Gasteiger partial charge on any atom is 0.0488 e. The number of hydrogen-bond acceptors (Lipinski definition) is 1. The van der Waals surface area contributed by atoms with Crippen LogP contribution in [0.2, 0.25) is 5.02 Å². The molecule has 2 N–H and O–H groups in total. The third-order valence-corrected chi connectivity index (χ3v) is 2.56. The van der Waals surface area contributed by atoms with Gasteiger partial charge in [-0.15, -0.1) is 0 Å². The van der Waals surface area contributed by atoms with Crippen molar-refractivity contribution in [1.29, 1.82) is 0 Å².